The van der Waals surface area contributed by atoms with Crippen LogP contribution in [-0.4, -0.2) is 5.80 Å². The Bertz CT molecular complexity index is 773. The number of fused-ring (bicyclic) bond motifs is 1. The van der Waals surface area contributed by atoms with E-state index in [1.165, 1.54) is 21.5 Å². The van der Waals surface area contributed by atoms with Crippen molar-refractivity contribution in [2.45, 2.75) is 6.42 Å². The van der Waals surface area contributed by atoms with Crippen molar-refractivity contribution < 1.29 is 0 Å². The van der Waals surface area contributed by atoms with E-state index in [0.717, 1.165) is 6.42 Å². The van der Waals surface area contributed by atoms with Crippen molar-refractivity contribution in [2.24, 2.45) is 0 Å². The van der Waals surface area contributed by atoms with Gasteiger partial charge >= 0.3 is 0 Å². The molecule has 0 aromatic heterocycles. The molecule has 4 rings (SSSR count). The zero-order valence-corrected chi connectivity index (χ0v) is 12.7. The van der Waals surface area contributed by atoms with Gasteiger partial charge in [-0.3, -0.25) is 0 Å². The maximum Gasteiger partial charge on any atom is -0.00774 e. The van der Waals surface area contributed by atoms with Crippen molar-refractivity contribution in [3.63, 3.8) is 0 Å². The zero-order valence-electron chi connectivity index (χ0n) is 11.8. The Morgan fingerprint density at radius 2 is 1.10 bits per heavy atom. The van der Waals surface area contributed by atoms with Crippen LogP contribution in [0.2, 0.25) is 0 Å². The minimum absolute atomic E-state index is 1.08. The normalized spacial score (nSPS) is 15.2. The second-order valence-electron chi connectivity index (χ2n) is 5.41. The standard InChI is InChI=1S/C20H17P/c1-3-10-18(11-4-1)21(19-12-5-2-6-13-19)16-15-17-9-7-8-14-20(17)21/h1-14,16H,15H2. The molecule has 3 aromatic rings. The fourth-order valence-corrected chi connectivity index (χ4v) is 7.49. The van der Waals surface area contributed by atoms with Crippen LogP contribution in [0.1, 0.15) is 5.56 Å². The van der Waals surface area contributed by atoms with E-state index in [1.54, 1.807) is 0 Å². The molecule has 0 unspecified atom stereocenters. The molecule has 0 N–H and O–H groups in total. The molecule has 0 saturated carbocycles. The monoisotopic (exact) mass is 288 g/mol. The zero-order chi connectivity index (χ0) is 14.1. The lowest BCUT2D eigenvalue weighted by Crippen LogP contribution is -2.25. The third kappa shape index (κ3) is 1.91. The van der Waals surface area contributed by atoms with E-state index in [-0.39, 0.29) is 0 Å². The van der Waals surface area contributed by atoms with E-state index in [1.807, 2.05) is 0 Å². The van der Waals surface area contributed by atoms with Crippen molar-refractivity contribution in [1.29, 1.82) is 0 Å². The average Bonchev–Trinajstić information content (AvgIpc) is 2.97. The van der Waals surface area contributed by atoms with Crippen molar-refractivity contribution in [1.82, 2.24) is 0 Å². The highest BCUT2D eigenvalue weighted by Crippen LogP contribution is 2.47. The highest BCUT2D eigenvalue weighted by atomic mass is 31.2. The third-order valence-electron chi connectivity index (χ3n) is 4.28. The quantitative estimate of drug-likeness (QED) is 0.635. The molecule has 102 valence electrons. The van der Waals surface area contributed by atoms with Crippen LogP contribution in [0.15, 0.2) is 84.9 Å². The van der Waals surface area contributed by atoms with Crippen LogP contribution in [0.4, 0.5) is 0 Å². The van der Waals surface area contributed by atoms with Gasteiger partial charge in [-0.1, -0.05) is 90.7 Å². The van der Waals surface area contributed by atoms with Crippen LogP contribution in [0.3, 0.4) is 0 Å². The topological polar surface area (TPSA) is 0 Å². The molecule has 1 aliphatic heterocycles. The van der Waals surface area contributed by atoms with Crippen LogP contribution in [0.25, 0.3) is 0 Å². The molecule has 0 radical (unpaired) electrons. The smallest absolute Gasteiger partial charge is 0.00774 e. The van der Waals surface area contributed by atoms with Crippen LogP contribution in [0.5, 0.6) is 0 Å². The molecule has 0 nitrogen and oxygen atoms in total. The average molecular weight is 288 g/mol. The molecule has 0 aliphatic carbocycles. The van der Waals surface area contributed by atoms with E-state index in [0.29, 0.717) is 0 Å². The maximum atomic E-state index is 2.57. The molecule has 1 heterocycles. The highest BCUT2D eigenvalue weighted by Gasteiger charge is 2.30. The number of hydrogen-bond donors (Lipinski definition) is 0. The van der Waals surface area contributed by atoms with Crippen LogP contribution in [0, 0.1) is 0 Å². The lowest BCUT2D eigenvalue weighted by atomic mass is 10.2. The van der Waals surface area contributed by atoms with Gasteiger partial charge in [-0.05, 0) is 34.8 Å². The molecule has 0 amide bonds. The van der Waals surface area contributed by atoms with Crippen LogP contribution < -0.4 is 15.9 Å². The van der Waals surface area contributed by atoms with Crippen molar-refractivity contribution in [3.8, 4) is 0 Å². The Balaban J connectivity index is 2.07. The molecule has 1 aliphatic rings. The lowest BCUT2D eigenvalue weighted by molar-refractivity contribution is 1.43. The summed E-state index contributed by atoms with van der Waals surface area (Å²) < 4.78 is 0. The fraction of sp³-hybridized carbons (Fsp3) is 0.0500. The van der Waals surface area contributed by atoms with Gasteiger partial charge in [0, 0.05) is 0 Å². The Hall–Kier alpha value is -2.04. The first kappa shape index (κ1) is 12.7. The van der Waals surface area contributed by atoms with Gasteiger partial charge in [0.25, 0.3) is 0 Å². The van der Waals surface area contributed by atoms with Crippen molar-refractivity contribution in [2.75, 3.05) is 0 Å². The van der Waals surface area contributed by atoms with Crippen LogP contribution >= 0.6 is 6.89 Å². The van der Waals surface area contributed by atoms with E-state index in [2.05, 4.69) is 90.7 Å². The van der Waals surface area contributed by atoms with Gasteiger partial charge in [0.05, 0.1) is 0 Å². The molecule has 0 bridgehead atoms. The summed E-state index contributed by atoms with van der Waals surface area (Å²) in [5.41, 5.74) is 1.48. The summed E-state index contributed by atoms with van der Waals surface area (Å²) in [7, 11) is 0. The summed E-state index contributed by atoms with van der Waals surface area (Å²) in [4.78, 5) is 0. The van der Waals surface area contributed by atoms with Gasteiger partial charge in [-0.2, -0.15) is 0 Å². The molecule has 0 atom stereocenters. The molecular weight excluding hydrogens is 271 g/mol. The highest BCUT2D eigenvalue weighted by molar-refractivity contribution is 7.94. The predicted octanol–water partition coefficient (Wildman–Crippen LogP) is 3.34. The first-order chi connectivity index (χ1) is 10.4. The van der Waals surface area contributed by atoms with Gasteiger partial charge in [-0.15, -0.1) is 0 Å². The minimum atomic E-state index is -1.57. The Labute approximate surface area is 126 Å². The van der Waals surface area contributed by atoms with E-state index in [4.69, 9.17) is 0 Å². The van der Waals surface area contributed by atoms with Gasteiger partial charge in [0.2, 0.25) is 0 Å². The van der Waals surface area contributed by atoms with Crippen molar-refractivity contribution >= 4 is 28.6 Å². The number of hydrogen-bond acceptors (Lipinski definition) is 0. The largest absolute Gasteiger partial charge is 0.0698 e. The second kappa shape index (κ2) is 5.06. The van der Waals surface area contributed by atoms with E-state index in [9.17, 15) is 0 Å². The summed E-state index contributed by atoms with van der Waals surface area (Å²) in [6.07, 6.45) is 1.08. The summed E-state index contributed by atoms with van der Waals surface area (Å²) in [6.45, 7) is -1.57. The van der Waals surface area contributed by atoms with Gasteiger partial charge in [0.1, 0.15) is 0 Å². The van der Waals surface area contributed by atoms with E-state index >= 15 is 0 Å². The van der Waals surface area contributed by atoms with Gasteiger partial charge < -0.3 is 0 Å². The molecule has 0 saturated heterocycles. The Morgan fingerprint density at radius 3 is 1.71 bits per heavy atom. The first-order valence-corrected chi connectivity index (χ1v) is 9.20. The van der Waals surface area contributed by atoms with Gasteiger partial charge in [-0.25, -0.2) is 0 Å². The summed E-state index contributed by atoms with van der Waals surface area (Å²) >= 11 is 0. The SMILES string of the molecule is C1=P(c2ccccc2)(c2ccccc2)c2ccccc2C1. The summed E-state index contributed by atoms with van der Waals surface area (Å²) in [5, 5.41) is 4.45. The third-order valence-corrected chi connectivity index (χ3v) is 8.44. The predicted molar refractivity (Wildman–Crippen MR) is 94.9 cm³/mol. The second-order valence-corrected chi connectivity index (χ2v) is 8.73. The molecule has 1 heteroatoms. The Kier molecular flexibility index (Phi) is 3.05. The molecule has 3 aromatic carbocycles. The Morgan fingerprint density at radius 1 is 0.571 bits per heavy atom. The lowest BCUT2D eigenvalue weighted by Gasteiger charge is -2.26. The fourth-order valence-electron chi connectivity index (χ4n) is 3.33. The van der Waals surface area contributed by atoms with E-state index < -0.39 is 6.89 Å². The van der Waals surface area contributed by atoms with Gasteiger partial charge in [0.15, 0.2) is 0 Å². The molecular formula is C20H17P. The number of benzene rings is 3. The number of rotatable bonds is 2. The minimum Gasteiger partial charge on any atom is -0.0698 e. The molecule has 0 fully saturated rings. The molecule has 0 spiro atoms. The summed E-state index contributed by atoms with van der Waals surface area (Å²) in [5.74, 6) is 2.57. The van der Waals surface area contributed by atoms with Crippen molar-refractivity contribution in [3.05, 3.63) is 90.5 Å². The first-order valence-electron chi connectivity index (χ1n) is 7.34. The molecule has 21 heavy (non-hydrogen) atoms. The summed E-state index contributed by atoms with van der Waals surface area (Å²) in [6, 6.07) is 31.0. The maximum absolute atomic E-state index is 2.57. The van der Waals surface area contributed by atoms with Crippen LogP contribution in [-0.2, 0) is 6.42 Å².